The first-order valence-corrected chi connectivity index (χ1v) is 10.8. The van der Waals surface area contributed by atoms with Crippen LogP contribution in [0.3, 0.4) is 0 Å². The minimum Gasteiger partial charge on any atom is -0.266 e. The van der Waals surface area contributed by atoms with E-state index in [1.807, 2.05) is 63.6 Å². The molecule has 7 nitrogen and oxygen atoms in total. The SMILES string of the molecule is Cc1cc(C)n(Cc2cccc(-c3n[nH]c(=S)n3-c3cnn(Cc4ccccc4)c3)c2)n1.Cl. The molecule has 0 amide bonds. The fraction of sp³-hybridized carbons (Fsp3) is 0.167. The molecule has 0 atom stereocenters. The van der Waals surface area contributed by atoms with E-state index in [1.165, 1.54) is 5.56 Å². The maximum atomic E-state index is 5.55. The summed E-state index contributed by atoms with van der Waals surface area (Å²) in [5.41, 5.74) is 6.35. The van der Waals surface area contributed by atoms with Crippen LogP contribution in [-0.2, 0) is 13.1 Å². The van der Waals surface area contributed by atoms with Crippen LogP contribution < -0.4 is 0 Å². The zero-order valence-electron chi connectivity index (χ0n) is 18.3. The van der Waals surface area contributed by atoms with Gasteiger partial charge in [-0.05, 0) is 49.3 Å². The summed E-state index contributed by atoms with van der Waals surface area (Å²) in [6, 6.07) is 20.6. The molecule has 2 aromatic carbocycles. The molecule has 33 heavy (non-hydrogen) atoms. The van der Waals surface area contributed by atoms with E-state index < -0.39 is 0 Å². The summed E-state index contributed by atoms with van der Waals surface area (Å²) in [7, 11) is 0. The van der Waals surface area contributed by atoms with Crippen LogP contribution in [0, 0.1) is 18.6 Å². The lowest BCUT2D eigenvalue weighted by Crippen LogP contribution is -2.04. The van der Waals surface area contributed by atoms with Crippen LogP contribution >= 0.6 is 24.6 Å². The highest BCUT2D eigenvalue weighted by molar-refractivity contribution is 7.71. The minimum atomic E-state index is 0. The Bertz CT molecular complexity index is 1430. The molecule has 1 N–H and O–H groups in total. The van der Waals surface area contributed by atoms with Gasteiger partial charge in [0, 0.05) is 17.5 Å². The zero-order chi connectivity index (χ0) is 22.1. The second-order valence-electron chi connectivity index (χ2n) is 7.85. The molecule has 0 bridgehead atoms. The van der Waals surface area contributed by atoms with Crippen LogP contribution in [-0.4, -0.2) is 34.3 Å². The van der Waals surface area contributed by atoms with Gasteiger partial charge in [0.25, 0.3) is 0 Å². The van der Waals surface area contributed by atoms with E-state index in [4.69, 9.17) is 12.2 Å². The fourth-order valence-electron chi connectivity index (χ4n) is 3.87. The number of hydrogen-bond donors (Lipinski definition) is 1. The largest absolute Gasteiger partial charge is 0.266 e. The highest BCUT2D eigenvalue weighted by Gasteiger charge is 2.13. The second-order valence-corrected chi connectivity index (χ2v) is 8.24. The third kappa shape index (κ3) is 4.81. The van der Waals surface area contributed by atoms with Crippen LogP contribution in [0.5, 0.6) is 0 Å². The van der Waals surface area contributed by atoms with Gasteiger partial charge < -0.3 is 0 Å². The van der Waals surface area contributed by atoms with E-state index in [-0.39, 0.29) is 12.4 Å². The molecule has 0 aliphatic rings. The molecule has 3 aromatic heterocycles. The predicted molar refractivity (Wildman–Crippen MR) is 134 cm³/mol. The summed E-state index contributed by atoms with van der Waals surface area (Å²) in [5, 5.41) is 16.5. The predicted octanol–water partition coefficient (Wildman–Crippen LogP) is 5.13. The van der Waals surface area contributed by atoms with Crippen LogP contribution in [0.2, 0.25) is 0 Å². The van der Waals surface area contributed by atoms with Crippen molar-refractivity contribution in [2.45, 2.75) is 26.9 Å². The number of benzene rings is 2. The molecule has 0 spiro atoms. The molecule has 0 saturated carbocycles. The molecule has 3 heterocycles. The van der Waals surface area contributed by atoms with Crippen molar-refractivity contribution < 1.29 is 0 Å². The van der Waals surface area contributed by atoms with Gasteiger partial charge in [-0.25, -0.2) is 0 Å². The van der Waals surface area contributed by atoms with Crippen molar-refractivity contribution >= 4 is 24.6 Å². The van der Waals surface area contributed by atoms with Crippen LogP contribution in [0.15, 0.2) is 73.1 Å². The number of rotatable bonds is 6. The van der Waals surface area contributed by atoms with Crippen molar-refractivity contribution in [1.82, 2.24) is 34.3 Å². The third-order valence-corrected chi connectivity index (χ3v) is 5.63. The summed E-state index contributed by atoms with van der Waals surface area (Å²) in [4.78, 5) is 0. The van der Waals surface area contributed by atoms with Gasteiger partial charge in [-0.2, -0.15) is 15.3 Å². The van der Waals surface area contributed by atoms with Crippen LogP contribution in [0.25, 0.3) is 17.1 Å². The van der Waals surface area contributed by atoms with Crippen molar-refractivity contribution in [2.75, 3.05) is 0 Å². The number of aromatic nitrogens is 7. The monoisotopic (exact) mass is 477 g/mol. The van der Waals surface area contributed by atoms with Gasteiger partial charge in [0.15, 0.2) is 10.6 Å². The quantitative estimate of drug-likeness (QED) is 0.344. The second kappa shape index (κ2) is 9.56. The molecule has 0 unspecified atom stereocenters. The van der Waals surface area contributed by atoms with Crippen molar-refractivity contribution in [1.29, 1.82) is 0 Å². The smallest absolute Gasteiger partial charge is 0.200 e. The summed E-state index contributed by atoms with van der Waals surface area (Å²) in [5.74, 6) is 0.754. The third-order valence-electron chi connectivity index (χ3n) is 5.36. The molecule has 0 fully saturated rings. The number of halogens is 1. The van der Waals surface area contributed by atoms with Gasteiger partial charge in [0.2, 0.25) is 0 Å². The summed E-state index contributed by atoms with van der Waals surface area (Å²) >= 11 is 5.55. The lowest BCUT2D eigenvalue weighted by Gasteiger charge is -2.08. The highest BCUT2D eigenvalue weighted by atomic mass is 35.5. The number of nitrogens with zero attached hydrogens (tertiary/aromatic N) is 6. The molecule has 9 heteroatoms. The van der Waals surface area contributed by atoms with Gasteiger partial charge in [0.1, 0.15) is 0 Å². The minimum absolute atomic E-state index is 0. The number of aryl methyl sites for hydroxylation is 2. The van der Waals surface area contributed by atoms with Crippen molar-refractivity contribution in [2.24, 2.45) is 0 Å². The van der Waals surface area contributed by atoms with Gasteiger partial charge in [0.05, 0.1) is 30.7 Å². The Kier molecular flexibility index (Phi) is 6.57. The maximum absolute atomic E-state index is 5.55. The molecular weight excluding hydrogens is 454 g/mol. The van der Waals surface area contributed by atoms with E-state index in [9.17, 15) is 0 Å². The van der Waals surface area contributed by atoms with E-state index in [1.54, 1.807) is 0 Å². The Balaban J connectivity index is 0.00000259. The fourth-order valence-corrected chi connectivity index (χ4v) is 4.11. The first-order chi connectivity index (χ1) is 15.6. The van der Waals surface area contributed by atoms with E-state index >= 15 is 0 Å². The summed E-state index contributed by atoms with van der Waals surface area (Å²) < 4.78 is 6.37. The van der Waals surface area contributed by atoms with Crippen molar-refractivity contribution in [3.8, 4) is 17.1 Å². The van der Waals surface area contributed by atoms with E-state index in [0.29, 0.717) is 17.9 Å². The topological polar surface area (TPSA) is 69.2 Å². The van der Waals surface area contributed by atoms with Crippen LogP contribution in [0.1, 0.15) is 22.5 Å². The number of H-pyrrole nitrogens is 1. The summed E-state index contributed by atoms with van der Waals surface area (Å²) in [6.45, 7) is 5.48. The first kappa shape index (κ1) is 22.7. The number of nitrogens with one attached hydrogen (secondary N) is 1. The van der Waals surface area contributed by atoms with Gasteiger partial charge >= 0.3 is 0 Å². The first-order valence-electron chi connectivity index (χ1n) is 10.4. The van der Waals surface area contributed by atoms with Gasteiger partial charge in [-0.15, -0.1) is 12.4 Å². The van der Waals surface area contributed by atoms with Gasteiger partial charge in [-0.3, -0.25) is 19.0 Å². The molecule has 0 saturated heterocycles. The Morgan fingerprint density at radius 2 is 1.73 bits per heavy atom. The summed E-state index contributed by atoms with van der Waals surface area (Å²) in [6.07, 6.45) is 3.80. The molecular formula is C24H24ClN7S. The maximum Gasteiger partial charge on any atom is 0.200 e. The lowest BCUT2D eigenvalue weighted by molar-refractivity contribution is 0.659. The van der Waals surface area contributed by atoms with E-state index in [0.717, 1.165) is 34.0 Å². The number of hydrogen-bond acceptors (Lipinski definition) is 4. The van der Waals surface area contributed by atoms with Crippen LogP contribution in [0.4, 0.5) is 0 Å². The lowest BCUT2D eigenvalue weighted by atomic mass is 10.1. The highest BCUT2D eigenvalue weighted by Crippen LogP contribution is 2.23. The molecule has 168 valence electrons. The molecule has 5 aromatic rings. The van der Waals surface area contributed by atoms with Crippen molar-refractivity contribution in [3.05, 3.63) is 100 Å². The molecule has 0 aliphatic carbocycles. The molecule has 0 radical (unpaired) electrons. The molecule has 0 aliphatic heterocycles. The Morgan fingerprint density at radius 1 is 0.939 bits per heavy atom. The average Bonchev–Trinajstić information content (AvgIpc) is 3.48. The Labute approximate surface area is 203 Å². The van der Waals surface area contributed by atoms with Crippen molar-refractivity contribution in [3.63, 3.8) is 0 Å². The van der Waals surface area contributed by atoms with Gasteiger partial charge in [-0.1, -0.05) is 48.5 Å². The van der Waals surface area contributed by atoms with E-state index in [2.05, 4.69) is 57.7 Å². The standard InChI is InChI=1S/C24H23N7S.ClH/c1-17-11-18(2)30(28-17)15-20-9-6-10-21(12-20)23-26-27-24(32)31(23)22-13-25-29(16-22)14-19-7-4-3-5-8-19;/h3-13,16H,14-15H2,1-2H3,(H,27,32);1H. The molecule has 5 rings (SSSR count). The number of aromatic amines is 1. The zero-order valence-corrected chi connectivity index (χ0v) is 20.0. The Morgan fingerprint density at radius 3 is 2.48 bits per heavy atom. The average molecular weight is 478 g/mol. The normalized spacial score (nSPS) is 10.8. The Hall–Kier alpha value is -3.49.